The van der Waals surface area contributed by atoms with Crippen LogP contribution in [0.1, 0.15) is 25.6 Å². The number of H-pyrrole nitrogens is 1. The third-order valence-electron chi connectivity index (χ3n) is 1.74. The van der Waals surface area contributed by atoms with Crippen LogP contribution in [0.25, 0.3) is 0 Å². The molecule has 6 heteroatoms. The first-order chi connectivity index (χ1) is 6.99. The van der Waals surface area contributed by atoms with E-state index in [0.717, 1.165) is 6.07 Å². The highest BCUT2D eigenvalue weighted by molar-refractivity contribution is 5.33. The van der Waals surface area contributed by atoms with Gasteiger partial charge in [0.2, 0.25) is 0 Å². The molecule has 1 aromatic rings. The summed E-state index contributed by atoms with van der Waals surface area (Å²) in [7, 11) is 0. The molecule has 0 saturated heterocycles. The van der Waals surface area contributed by atoms with Crippen molar-refractivity contribution in [2.24, 2.45) is 0 Å². The summed E-state index contributed by atoms with van der Waals surface area (Å²) >= 11 is 0. The Hall–Kier alpha value is -1.46. The number of anilines is 1. The first kappa shape index (κ1) is 11.6. The van der Waals surface area contributed by atoms with Crippen molar-refractivity contribution in [2.45, 2.75) is 26.2 Å². The maximum atomic E-state index is 11.9. The van der Waals surface area contributed by atoms with Crippen molar-refractivity contribution in [3.8, 4) is 0 Å². The minimum absolute atomic E-state index is 0.0472. The van der Waals surface area contributed by atoms with Crippen LogP contribution in [0.3, 0.4) is 0 Å². The highest BCUT2D eigenvalue weighted by Crippen LogP contribution is 2.09. The standard InChI is InChI=1S/C9H13F2N3O/c1-5(2)9-13-7(3-8(15)14-9)12-4-6(10)11/h3,5-6H,4H2,1-2H3,(H2,12,13,14,15). The maximum Gasteiger partial charge on any atom is 0.255 e. The zero-order chi connectivity index (χ0) is 11.4. The Balaban J connectivity index is 2.84. The fourth-order valence-corrected chi connectivity index (χ4v) is 1.02. The van der Waals surface area contributed by atoms with E-state index in [1.165, 1.54) is 0 Å². The van der Waals surface area contributed by atoms with Gasteiger partial charge in [-0.25, -0.2) is 13.8 Å². The van der Waals surface area contributed by atoms with Crippen LogP contribution in [0.4, 0.5) is 14.6 Å². The van der Waals surface area contributed by atoms with Crippen molar-refractivity contribution < 1.29 is 8.78 Å². The van der Waals surface area contributed by atoms with Gasteiger partial charge >= 0.3 is 0 Å². The smallest absolute Gasteiger partial charge is 0.255 e. The first-order valence-electron chi connectivity index (χ1n) is 4.62. The van der Waals surface area contributed by atoms with Gasteiger partial charge in [0.15, 0.2) is 0 Å². The zero-order valence-electron chi connectivity index (χ0n) is 8.55. The normalized spacial score (nSPS) is 11.1. The van der Waals surface area contributed by atoms with Crippen LogP contribution in [0.2, 0.25) is 0 Å². The van der Waals surface area contributed by atoms with Gasteiger partial charge in [-0.1, -0.05) is 13.8 Å². The monoisotopic (exact) mass is 217 g/mol. The van der Waals surface area contributed by atoms with Gasteiger partial charge in [0.25, 0.3) is 12.0 Å². The zero-order valence-corrected chi connectivity index (χ0v) is 8.55. The van der Waals surface area contributed by atoms with Crippen LogP contribution in [0.5, 0.6) is 0 Å². The molecule has 1 heterocycles. The molecular weight excluding hydrogens is 204 g/mol. The molecule has 15 heavy (non-hydrogen) atoms. The number of hydrogen-bond donors (Lipinski definition) is 2. The van der Waals surface area contributed by atoms with E-state index in [0.29, 0.717) is 5.82 Å². The minimum Gasteiger partial charge on any atom is -0.364 e. The van der Waals surface area contributed by atoms with E-state index in [4.69, 9.17) is 0 Å². The molecule has 0 atom stereocenters. The third kappa shape index (κ3) is 3.65. The lowest BCUT2D eigenvalue weighted by Crippen LogP contribution is -2.17. The SMILES string of the molecule is CC(C)c1nc(NCC(F)F)cc(=O)[nH]1. The molecule has 0 radical (unpaired) electrons. The van der Waals surface area contributed by atoms with Crippen molar-refractivity contribution in [2.75, 3.05) is 11.9 Å². The number of aromatic nitrogens is 2. The van der Waals surface area contributed by atoms with Crippen LogP contribution >= 0.6 is 0 Å². The Morgan fingerprint density at radius 1 is 1.53 bits per heavy atom. The summed E-state index contributed by atoms with van der Waals surface area (Å²) in [6, 6.07) is 1.16. The molecule has 0 aromatic carbocycles. The van der Waals surface area contributed by atoms with Crippen LogP contribution < -0.4 is 10.9 Å². The van der Waals surface area contributed by atoms with Crippen molar-refractivity contribution in [1.29, 1.82) is 0 Å². The quantitative estimate of drug-likeness (QED) is 0.804. The van der Waals surface area contributed by atoms with Crippen LogP contribution in [0.15, 0.2) is 10.9 Å². The second-order valence-corrected chi connectivity index (χ2v) is 3.44. The number of halogens is 2. The van der Waals surface area contributed by atoms with Gasteiger partial charge in [-0.15, -0.1) is 0 Å². The van der Waals surface area contributed by atoms with Gasteiger partial charge in [-0.3, -0.25) is 4.79 Å². The second kappa shape index (κ2) is 4.86. The van der Waals surface area contributed by atoms with Gasteiger partial charge in [-0.05, 0) is 0 Å². The summed E-state index contributed by atoms with van der Waals surface area (Å²) in [5.41, 5.74) is -0.342. The number of rotatable bonds is 4. The summed E-state index contributed by atoms with van der Waals surface area (Å²) in [6.07, 6.45) is -2.46. The van der Waals surface area contributed by atoms with Gasteiger partial charge in [0.1, 0.15) is 11.6 Å². The van der Waals surface area contributed by atoms with Crippen LogP contribution in [-0.2, 0) is 0 Å². The van der Waals surface area contributed by atoms with E-state index in [9.17, 15) is 13.6 Å². The number of alkyl halides is 2. The molecule has 0 aliphatic carbocycles. The molecule has 0 amide bonds. The lowest BCUT2D eigenvalue weighted by molar-refractivity contribution is 0.163. The summed E-state index contributed by atoms with van der Waals surface area (Å²) in [5, 5.41) is 2.40. The molecule has 4 nitrogen and oxygen atoms in total. The predicted octanol–water partition coefficient (Wildman–Crippen LogP) is 1.57. The summed E-state index contributed by atoms with van der Waals surface area (Å²) in [4.78, 5) is 17.7. The van der Waals surface area contributed by atoms with Crippen molar-refractivity contribution in [3.63, 3.8) is 0 Å². The summed E-state index contributed by atoms with van der Waals surface area (Å²) in [6.45, 7) is 3.21. The highest BCUT2D eigenvalue weighted by atomic mass is 19.3. The van der Waals surface area contributed by atoms with E-state index in [1.54, 1.807) is 0 Å². The molecule has 0 aliphatic rings. The molecule has 1 aromatic heterocycles. The molecule has 0 saturated carbocycles. The van der Waals surface area contributed by atoms with Gasteiger partial charge < -0.3 is 10.3 Å². The first-order valence-corrected chi connectivity index (χ1v) is 4.62. The molecule has 0 spiro atoms. The predicted molar refractivity (Wildman–Crippen MR) is 53.4 cm³/mol. The number of nitrogens with one attached hydrogen (secondary N) is 2. The topological polar surface area (TPSA) is 57.8 Å². The third-order valence-corrected chi connectivity index (χ3v) is 1.74. The lowest BCUT2D eigenvalue weighted by atomic mass is 10.2. The Morgan fingerprint density at radius 3 is 2.73 bits per heavy atom. The molecule has 0 fully saturated rings. The Morgan fingerprint density at radius 2 is 2.20 bits per heavy atom. The fourth-order valence-electron chi connectivity index (χ4n) is 1.02. The molecule has 1 rings (SSSR count). The van der Waals surface area contributed by atoms with Crippen molar-refractivity contribution >= 4 is 5.82 Å². The average Bonchev–Trinajstić information content (AvgIpc) is 2.13. The van der Waals surface area contributed by atoms with E-state index >= 15 is 0 Å². The number of hydrogen-bond acceptors (Lipinski definition) is 3. The van der Waals surface area contributed by atoms with Crippen molar-refractivity contribution in [1.82, 2.24) is 9.97 Å². The lowest BCUT2D eigenvalue weighted by Gasteiger charge is -2.08. The molecule has 0 unspecified atom stereocenters. The number of nitrogens with zero attached hydrogens (tertiary/aromatic N) is 1. The van der Waals surface area contributed by atoms with Crippen LogP contribution in [-0.4, -0.2) is 22.9 Å². The van der Waals surface area contributed by atoms with Crippen molar-refractivity contribution in [3.05, 3.63) is 22.2 Å². The molecule has 0 aliphatic heterocycles. The highest BCUT2D eigenvalue weighted by Gasteiger charge is 2.06. The second-order valence-electron chi connectivity index (χ2n) is 3.44. The van der Waals surface area contributed by atoms with E-state index < -0.39 is 13.0 Å². The summed E-state index contributed by atoms with van der Waals surface area (Å²) in [5.74, 6) is 0.716. The molecule has 2 N–H and O–H groups in total. The maximum absolute atomic E-state index is 11.9. The number of aromatic amines is 1. The average molecular weight is 217 g/mol. The molecular formula is C9H13F2N3O. The Bertz CT molecular complexity index is 376. The van der Waals surface area contributed by atoms with E-state index in [2.05, 4.69) is 15.3 Å². The summed E-state index contributed by atoms with van der Waals surface area (Å²) < 4.78 is 23.8. The molecule has 84 valence electrons. The van der Waals surface area contributed by atoms with E-state index in [-0.39, 0.29) is 17.3 Å². The van der Waals surface area contributed by atoms with Gasteiger partial charge in [0, 0.05) is 12.0 Å². The fraction of sp³-hybridized carbons (Fsp3) is 0.556. The van der Waals surface area contributed by atoms with Gasteiger partial charge in [0.05, 0.1) is 6.54 Å². The minimum atomic E-state index is -2.46. The van der Waals surface area contributed by atoms with E-state index in [1.807, 2.05) is 13.8 Å². The van der Waals surface area contributed by atoms with Crippen LogP contribution in [0, 0.1) is 0 Å². The largest absolute Gasteiger partial charge is 0.364 e. The Kier molecular flexibility index (Phi) is 3.76. The van der Waals surface area contributed by atoms with Gasteiger partial charge in [-0.2, -0.15) is 0 Å². The Labute approximate surface area is 85.7 Å². The molecule has 0 bridgehead atoms.